The number of nitrogens with two attached hydrogens (primary N) is 1. The highest BCUT2D eigenvalue weighted by Crippen LogP contribution is 2.21. The second-order valence-electron chi connectivity index (χ2n) is 3.95. The fourth-order valence-corrected chi connectivity index (χ4v) is 1.73. The van der Waals surface area contributed by atoms with Crippen molar-refractivity contribution in [2.75, 3.05) is 13.7 Å². The quantitative estimate of drug-likeness (QED) is 0.773. The third-order valence-electron chi connectivity index (χ3n) is 2.68. The molecule has 0 aliphatic carbocycles. The minimum absolute atomic E-state index is 0.691. The standard InChI is InChI=1S/C12H17N5O/c1-18-11-6-4-5-10(9-11)12-14-15-16-17(12)8-3-2-7-13/h4-6,9H,2-3,7-8,13H2,1H3. The van der Waals surface area contributed by atoms with Crippen LogP contribution in [-0.2, 0) is 6.54 Å². The topological polar surface area (TPSA) is 78.9 Å². The number of methoxy groups -OCH3 is 1. The SMILES string of the molecule is COc1cccc(-c2nnnn2CCCCN)c1. The van der Waals surface area contributed by atoms with E-state index in [-0.39, 0.29) is 0 Å². The number of nitrogens with zero attached hydrogens (tertiary/aromatic N) is 4. The summed E-state index contributed by atoms with van der Waals surface area (Å²) in [5.74, 6) is 1.55. The Balaban J connectivity index is 2.19. The van der Waals surface area contributed by atoms with E-state index in [0.29, 0.717) is 6.54 Å². The van der Waals surface area contributed by atoms with E-state index in [9.17, 15) is 0 Å². The van der Waals surface area contributed by atoms with Gasteiger partial charge < -0.3 is 10.5 Å². The molecular weight excluding hydrogens is 230 g/mol. The van der Waals surface area contributed by atoms with Gasteiger partial charge in [-0.05, 0) is 41.9 Å². The van der Waals surface area contributed by atoms with Crippen LogP contribution in [-0.4, -0.2) is 33.9 Å². The summed E-state index contributed by atoms with van der Waals surface area (Å²) in [5, 5.41) is 11.8. The average Bonchev–Trinajstić information content (AvgIpc) is 2.87. The number of hydrogen-bond acceptors (Lipinski definition) is 5. The summed E-state index contributed by atoms with van der Waals surface area (Å²) in [6.07, 6.45) is 1.94. The van der Waals surface area contributed by atoms with Crippen molar-refractivity contribution in [2.24, 2.45) is 5.73 Å². The number of rotatable bonds is 6. The molecule has 18 heavy (non-hydrogen) atoms. The molecule has 0 aliphatic rings. The minimum atomic E-state index is 0.691. The molecule has 0 radical (unpaired) electrons. The van der Waals surface area contributed by atoms with Crippen molar-refractivity contribution in [3.05, 3.63) is 24.3 Å². The molecule has 0 spiro atoms. The first kappa shape index (κ1) is 12.5. The number of benzene rings is 1. The van der Waals surface area contributed by atoms with Crippen LogP contribution in [0.2, 0.25) is 0 Å². The molecule has 6 heteroatoms. The molecule has 1 aromatic heterocycles. The van der Waals surface area contributed by atoms with E-state index in [0.717, 1.165) is 36.5 Å². The third kappa shape index (κ3) is 2.84. The van der Waals surface area contributed by atoms with Gasteiger partial charge in [0.25, 0.3) is 0 Å². The number of hydrogen-bond donors (Lipinski definition) is 1. The molecular formula is C12H17N5O. The molecule has 0 bridgehead atoms. The molecule has 2 aromatic rings. The van der Waals surface area contributed by atoms with Crippen molar-refractivity contribution in [3.8, 4) is 17.1 Å². The van der Waals surface area contributed by atoms with Crippen LogP contribution in [0.4, 0.5) is 0 Å². The first-order valence-corrected chi connectivity index (χ1v) is 5.96. The zero-order valence-corrected chi connectivity index (χ0v) is 10.4. The van der Waals surface area contributed by atoms with Gasteiger partial charge in [-0.25, -0.2) is 4.68 Å². The number of aromatic nitrogens is 4. The number of unbranched alkanes of at least 4 members (excludes halogenated alkanes) is 1. The second kappa shape index (κ2) is 6.11. The molecule has 1 heterocycles. The molecule has 0 saturated heterocycles. The Labute approximate surface area is 106 Å². The maximum atomic E-state index is 5.48. The zero-order valence-electron chi connectivity index (χ0n) is 10.4. The van der Waals surface area contributed by atoms with E-state index < -0.39 is 0 Å². The van der Waals surface area contributed by atoms with Crippen molar-refractivity contribution >= 4 is 0 Å². The molecule has 0 atom stereocenters. The van der Waals surface area contributed by atoms with Gasteiger partial charge in [-0.1, -0.05) is 12.1 Å². The van der Waals surface area contributed by atoms with Gasteiger partial charge in [-0.15, -0.1) is 5.10 Å². The molecule has 0 amide bonds. The van der Waals surface area contributed by atoms with E-state index in [4.69, 9.17) is 10.5 Å². The van der Waals surface area contributed by atoms with Gasteiger partial charge in [0.1, 0.15) is 5.75 Å². The highest BCUT2D eigenvalue weighted by Gasteiger charge is 2.09. The van der Waals surface area contributed by atoms with Crippen molar-refractivity contribution in [2.45, 2.75) is 19.4 Å². The maximum absolute atomic E-state index is 5.48. The van der Waals surface area contributed by atoms with Crippen molar-refractivity contribution in [1.82, 2.24) is 20.2 Å². The Bertz CT molecular complexity index is 497. The minimum Gasteiger partial charge on any atom is -0.497 e. The lowest BCUT2D eigenvalue weighted by molar-refractivity contribution is 0.415. The monoisotopic (exact) mass is 247 g/mol. The van der Waals surface area contributed by atoms with Crippen LogP contribution in [0.1, 0.15) is 12.8 Å². The Morgan fingerprint density at radius 1 is 1.33 bits per heavy atom. The van der Waals surface area contributed by atoms with Gasteiger partial charge in [0, 0.05) is 12.1 Å². The maximum Gasteiger partial charge on any atom is 0.182 e. The van der Waals surface area contributed by atoms with Gasteiger partial charge in [0.15, 0.2) is 5.82 Å². The van der Waals surface area contributed by atoms with Crippen molar-refractivity contribution < 1.29 is 4.74 Å². The smallest absolute Gasteiger partial charge is 0.182 e. The van der Waals surface area contributed by atoms with Crippen LogP contribution in [0.3, 0.4) is 0 Å². The fraction of sp³-hybridized carbons (Fsp3) is 0.417. The number of tetrazole rings is 1. The van der Waals surface area contributed by atoms with Crippen LogP contribution in [0.15, 0.2) is 24.3 Å². The van der Waals surface area contributed by atoms with E-state index in [1.807, 2.05) is 24.3 Å². The molecule has 96 valence electrons. The molecule has 6 nitrogen and oxygen atoms in total. The Hall–Kier alpha value is -1.95. The average molecular weight is 247 g/mol. The molecule has 2 N–H and O–H groups in total. The Morgan fingerprint density at radius 2 is 2.22 bits per heavy atom. The summed E-state index contributed by atoms with van der Waals surface area (Å²) in [6, 6.07) is 7.71. The van der Waals surface area contributed by atoms with Gasteiger partial charge in [0.2, 0.25) is 0 Å². The van der Waals surface area contributed by atoms with Crippen LogP contribution in [0.5, 0.6) is 5.75 Å². The van der Waals surface area contributed by atoms with Crippen LogP contribution in [0, 0.1) is 0 Å². The molecule has 0 unspecified atom stereocenters. The summed E-state index contributed by atoms with van der Waals surface area (Å²) in [5.41, 5.74) is 6.43. The number of aryl methyl sites for hydroxylation is 1. The largest absolute Gasteiger partial charge is 0.497 e. The van der Waals surface area contributed by atoms with Gasteiger partial charge in [-0.3, -0.25) is 0 Å². The summed E-state index contributed by atoms with van der Waals surface area (Å²) in [6.45, 7) is 1.47. The first-order valence-electron chi connectivity index (χ1n) is 5.96. The lowest BCUT2D eigenvalue weighted by Gasteiger charge is -2.05. The van der Waals surface area contributed by atoms with Crippen LogP contribution >= 0.6 is 0 Å². The fourth-order valence-electron chi connectivity index (χ4n) is 1.73. The predicted octanol–water partition coefficient (Wildman–Crippen LogP) is 1.09. The van der Waals surface area contributed by atoms with Gasteiger partial charge in [-0.2, -0.15) is 0 Å². The summed E-state index contributed by atoms with van der Waals surface area (Å²) in [4.78, 5) is 0. The van der Waals surface area contributed by atoms with E-state index in [2.05, 4.69) is 15.5 Å². The second-order valence-corrected chi connectivity index (χ2v) is 3.95. The summed E-state index contributed by atoms with van der Waals surface area (Å²) < 4.78 is 6.99. The summed E-state index contributed by atoms with van der Waals surface area (Å²) in [7, 11) is 1.64. The zero-order chi connectivity index (χ0) is 12.8. The Kier molecular flexibility index (Phi) is 4.25. The van der Waals surface area contributed by atoms with Gasteiger partial charge >= 0.3 is 0 Å². The van der Waals surface area contributed by atoms with Crippen molar-refractivity contribution in [3.63, 3.8) is 0 Å². The Morgan fingerprint density at radius 3 is 3.00 bits per heavy atom. The third-order valence-corrected chi connectivity index (χ3v) is 2.68. The normalized spacial score (nSPS) is 10.6. The highest BCUT2D eigenvalue weighted by atomic mass is 16.5. The van der Waals surface area contributed by atoms with E-state index in [1.54, 1.807) is 11.8 Å². The highest BCUT2D eigenvalue weighted by molar-refractivity contribution is 5.57. The predicted molar refractivity (Wildman–Crippen MR) is 68.1 cm³/mol. The molecule has 1 aromatic carbocycles. The van der Waals surface area contributed by atoms with Crippen LogP contribution < -0.4 is 10.5 Å². The lowest BCUT2D eigenvalue weighted by atomic mass is 10.2. The molecule has 0 fully saturated rings. The van der Waals surface area contributed by atoms with E-state index >= 15 is 0 Å². The van der Waals surface area contributed by atoms with Crippen molar-refractivity contribution in [1.29, 1.82) is 0 Å². The molecule has 0 aliphatic heterocycles. The summed E-state index contributed by atoms with van der Waals surface area (Å²) >= 11 is 0. The van der Waals surface area contributed by atoms with Gasteiger partial charge in [0.05, 0.1) is 7.11 Å². The molecule has 0 saturated carbocycles. The van der Waals surface area contributed by atoms with Crippen LogP contribution in [0.25, 0.3) is 11.4 Å². The lowest BCUT2D eigenvalue weighted by Crippen LogP contribution is -2.06. The number of ether oxygens (including phenoxy) is 1. The van der Waals surface area contributed by atoms with E-state index in [1.165, 1.54) is 0 Å². The first-order chi connectivity index (χ1) is 8.85. The molecule has 2 rings (SSSR count).